The Balaban J connectivity index is 2.82. The van der Waals surface area contributed by atoms with Gasteiger partial charge in [0, 0.05) is 36.6 Å². The van der Waals surface area contributed by atoms with Crippen LogP contribution in [-0.2, 0) is 0 Å². The first-order chi connectivity index (χ1) is 8.96. The maximum atomic E-state index is 10.9. The molecule has 0 aliphatic rings. The van der Waals surface area contributed by atoms with Crippen LogP contribution in [0, 0.1) is 16.0 Å². The summed E-state index contributed by atoms with van der Waals surface area (Å²) < 4.78 is 0. The second-order valence-corrected chi connectivity index (χ2v) is 5.07. The van der Waals surface area contributed by atoms with Crippen molar-refractivity contribution in [3.8, 4) is 0 Å². The van der Waals surface area contributed by atoms with Crippen molar-refractivity contribution in [2.24, 2.45) is 5.92 Å². The van der Waals surface area contributed by atoms with Gasteiger partial charge in [-0.25, -0.2) is 0 Å². The van der Waals surface area contributed by atoms with E-state index in [1.807, 2.05) is 6.07 Å². The molecule has 0 radical (unpaired) electrons. The number of hydrogen-bond donors (Lipinski definition) is 2. The molecule has 0 saturated heterocycles. The molecule has 2 N–H and O–H groups in total. The Hall–Kier alpha value is -1.78. The molecule has 1 aromatic rings. The van der Waals surface area contributed by atoms with E-state index >= 15 is 0 Å². The van der Waals surface area contributed by atoms with Crippen molar-refractivity contribution in [3.63, 3.8) is 0 Å². The zero-order valence-electron chi connectivity index (χ0n) is 12.1. The lowest BCUT2D eigenvalue weighted by molar-refractivity contribution is -0.384. The average Bonchev–Trinajstić information content (AvgIpc) is 2.37. The molecule has 0 spiro atoms. The Morgan fingerprint density at radius 1 is 1.26 bits per heavy atom. The van der Waals surface area contributed by atoms with Crippen LogP contribution >= 0.6 is 0 Å². The maximum Gasteiger partial charge on any atom is 0.273 e. The molecule has 5 nitrogen and oxygen atoms in total. The lowest BCUT2D eigenvalue weighted by Gasteiger charge is -2.19. The second kappa shape index (κ2) is 6.97. The zero-order chi connectivity index (χ0) is 14.4. The van der Waals surface area contributed by atoms with Crippen LogP contribution in [0.2, 0.25) is 0 Å². The lowest BCUT2D eigenvalue weighted by Crippen LogP contribution is -2.18. The highest BCUT2D eigenvalue weighted by molar-refractivity contribution is 5.63. The summed E-state index contributed by atoms with van der Waals surface area (Å²) in [7, 11) is 1.76. The minimum atomic E-state index is -0.370. The van der Waals surface area contributed by atoms with Crippen molar-refractivity contribution in [1.29, 1.82) is 0 Å². The molecular formula is C14H23N3O2. The van der Waals surface area contributed by atoms with E-state index < -0.39 is 0 Å². The van der Waals surface area contributed by atoms with Crippen LogP contribution in [0.25, 0.3) is 0 Å². The maximum absolute atomic E-state index is 10.9. The number of nitrogens with one attached hydrogen (secondary N) is 2. The molecule has 106 valence electrons. The van der Waals surface area contributed by atoms with Gasteiger partial charge in [-0.3, -0.25) is 10.1 Å². The molecule has 0 amide bonds. The normalized spacial score (nSPS) is 13.7. The highest BCUT2D eigenvalue weighted by Crippen LogP contribution is 2.25. The summed E-state index contributed by atoms with van der Waals surface area (Å²) >= 11 is 0. The van der Waals surface area contributed by atoms with Crippen LogP contribution < -0.4 is 10.6 Å². The monoisotopic (exact) mass is 265 g/mol. The van der Waals surface area contributed by atoms with Crippen LogP contribution in [0.5, 0.6) is 0 Å². The average molecular weight is 265 g/mol. The highest BCUT2D eigenvalue weighted by atomic mass is 16.6. The van der Waals surface area contributed by atoms with E-state index in [0.717, 1.165) is 24.2 Å². The fourth-order valence-corrected chi connectivity index (χ4v) is 2.06. The van der Waals surface area contributed by atoms with E-state index in [1.54, 1.807) is 13.1 Å². The van der Waals surface area contributed by atoms with E-state index in [1.165, 1.54) is 6.07 Å². The Kier molecular flexibility index (Phi) is 5.60. The Labute approximate surface area is 114 Å². The topological polar surface area (TPSA) is 67.2 Å². The van der Waals surface area contributed by atoms with Gasteiger partial charge in [0.1, 0.15) is 0 Å². The van der Waals surface area contributed by atoms with E-state index in [4.69, 9.17) is 0 Å². The summed E-state index contributed by atoms with van der Waals surface area (Å²) in [6.45, 7) is 6.48. The van der Waals surface area contributed by atoms with E-state index in [0.29, 0.717) is 12.0 Å². The molecular weight excluding hydrogens is 242 g/mol. The van der Waals surface area contributed by atoms with Crippen molar-refractivity contribution in [3.05, 3.63) is 28.3 Å². The molecule has 19 heavy (non-hydrogen) atoms. The van der Waals surface area contributed by atoms with Crippen molar-refractivity contribution in [1.82, 2.24) is 0 Å². The van der Waals surface area contributed by atoms with E-state index in [-0.39, 0.29) is 10.6 Å². The number of rotatable bonds is 7. The summed E-state index contributed by atoms with van der Waals surface area (Å²) in [6, 6.07) is 5.29. The molecule has 0 saturated carbocycles. The lowest BCUT2D eigenvalue weighted by atomic mass is 10.0. The van der Waals surface area contributed by atoms with Crippen molar-refractivity contribution in [2.45, 2.75) is 39.7 Å². The van der Waals surface area contributed by atoms with Crippen molar-refractivity contribution >= 4 is 17.1 Å². The second-order valence-electron chi connectivity index (χ2n) is 5.07. The number of anilines is 2. The summed E-state index contributed by atoms with van der Waals surface area (Å²) in [5.74, 6) is 0.643. The molecule has 2 atom stereocenters. The van der Waals surface area contributed by atoms with Gasteiger partial charge in [-0.2, -0.15) is 0 Å². The molecule has 5 heteroatoms. The van der Waals surface area contributed by atoms with Crippen LogP contribution in [0.1, 0.15) is 33.6 Å². The van der Waals surface area contributed by atoms with Gasteiger partial charge in [-0.1, -0.05) is 20.3 Å². The summed E-state index contributed by atoms with van der Waals surface area (Å²) in [5, 5.41) is 17.2. The number of hydrogen-bond acceptors (Lipinski definition) is 4. The van der Waals surface area contributed by atoms with Crippen LogP contribution in [0.3, 0.4) is 0 Å². The van der Waals surface area contributed by atoms with Gasteiger partial charge in [-0.05, 0) is 25.3 Å². The summed E-state index contributed by atoms with van der Waals surface area (Å²) in [5.41, 5.74) is 1.63. The van der Waals surface area contributed by atoms with Crippen LogP contribution in [-0.4, -0.2) is 18.0 Å². The molecule has 2 unspecified atom stereocenters. The summed E-state index contributed by atoms with van der Waals surface area (Å²) in [6.07, 6.45) is 2.19. The zero-order valence-corrected chi connectivity index (χ0v) is 12.1. The Bertz CT molecular complexity index is 435. The number of nitrogens with zero attached hydrogens (tertiary/aromatic N) is 1. The quantitative estimate of drug-likeness (QED) is 0.580. The molecule has 0 fully saturated rings. The molecule has 0 aromatic heterocycles. The van der Waals surface area contributed by atoms with Gasteiger partial charge in [0.2, 0.25) is 0 Å². The Morgan fingerprint density at radius 2 is 1.89 bits per heavy atom. The van der Waals surface area contributed by atoms with Gasteiger partial charge in [0.05, 0.1) is 4.92 Å². The SMILES string of the molecule is CCC(C)CC(C)Nc1cc(NC)cc([N+](=O)[O-])c1. The van der Waals surface area contributed by atoms with E-state index in [2.05, 4.69) is 31.4 Å². The predicted octanol–water partition coefficient (Wildman–Crippen LogP) is 3.87. The number of nitro benzene ring substituents is 1. The number of benzene rings is 1. The molecule has 0 aliphatic heterocycles. The van der Waals surface area contributed by atoms with E-state index in [9.17, 15) is 10.1 Å². The molecule has 0 aliphatic carbocycles. The summed E-state index contributed by atoms with van der Waals surface area (Å²) in [4.78, 5) is 10.5. The highest BCUT2D eigenvalue weighted by Gasteiger charge is 2.12. The predicted molar refractivity (Wildman–Crippen MR) is 79.8 cm³/mol. The fourth-order valence-electron chi connectivity index (χ4n) is 2.06. The molecule has 0 heterocycles. The first-order valence-corrected chi connectivity index (χ1v) is 6.70. The minimum absolute atomic E-state index is 0.102. The third kappa shape index (κ3) is 4.77. The smallest absolute Gasteiger partial charge is 0.273 e. The minimum Gasteiger partial charge on any atom is -0.388 e. The van der Waals surface area contributed by atoms with Gasteiger partial charge in [0.15, 0.2) is 0 Å². The number of nitro groups is 1. The fraction of sp³-hybridized carbons (Fsp3) is 0.571. The molecule has 0 bridgehead atoms. The molecule has 1 aromatic carbocycles. The van der Waals surface area contributed by atoms with Gasteiger partial charge < -0.3 is 10.6 Å². The van der Waals surface area contributed by atoms with Crippen molar-refractivity contribution in [2.75, 3.05) is 17.7 Å². The van der Waals surface area contributed by atoms with Crippen LogP contribution in [0.15, 0.2) is 18.2 Å². The number of non-ortho nitro benzene ring substituents is 1. The first kappa shape index (κ1) is 15.3. The van der Waals surface area contributed by atoms with Gasteiger partial charge in [0.25, 0.3) is 5.69 Å². The Morgan fingerprint density at radius 3 is 2.42 bits per heavy atom. The first-order valence-electron chi connectivity index (χ1n) is 6.70. The largest absolute Gasteiger partial charge is 0.388 e. The van der Waals surface area contributed by atoms with Gasteiger partial charge >= 0.3 is 0 Å². The standard InChI is InChI=1S/C14H23N3O2/c1-5-10(2)6-11(3)16-13-7-12(15-4)8-14(9-13)17(18)19/h7-11,15-16H,5-6H2,1-4H3. The molecule has 1 rings (SSSR count). The van der Waals surface area contributed by atoms with Crippen molar-refractivity contribution < 1.29 is 4.92 Å². The third-order valence-electron chi connectivity index (χ3n) is 3.28. The third-order valence-corrected chi connectivity index (χ3v) is 3.28. The van der Waals surface area contributed by atoms with Crippen LogP contribution in [0.4, 0.5) is 17.1 Å². The van der Waals surface area contributed by atoms with Gasteiger partial charge in [-0.15, -0.1) is 0 Å².